The largest absolute Gasteiger partial charge is 0.340 e. The second-order valence-corrected chi connectivity index (χ2v) is 5.14. The molecule has 1 saturated heterocycles. The molecule has 2 heterocycles. The van der Waals surface area contributed by atoms with Gasteiger partial charge in [-0.3, -0.25) is 9.48 Å². The van der Waals surface area contributed by atoms with E-state index in [0.717, 1.165) is 36.6 Å². The summed E-state index contributed by atoms with van der Waals surface area (Å²) in [5.41, 5.74) is 3.13. The Labute approximate surface area is 108 Å². The van der Waals surface area contributed by atoms with Crippen molar-refractivity contribution in [1.82, 2.24) is 20.0 Å². The second kappa shape index (κ2) is 5.10. The lowest BCUT2D eigenvalue weighted by atomic mass is 10.1. The molecule has 1 amide bonds. The SMILES string of the molecule is Cc1nn(C)c(C)c1CC(=O)N1CCNC(C)C1. The Balaban J connectivity index is 2.06. The van der Waals surface area contributed by atoms with Gasteiger partial charge in [-0.05, 0) is 20.8 Å². The third kappa shape index (κ3) is 2.56. The van der Waals surface area contributed by atoms with E-state index in [2.05, 4.69) is 17.3 Å². The smallest absolute Gasteiger partial charge is 0.227 e. The van der Waals surface area contributed by atoms with Crippen LogP contribution in [0.3, 0.4) is 0 Å². The van der Waals surface area contributed by atoms with Crippen molar-refractivity contribution in [3.05, 3.63) is 17.0 Å². The summed E-state index contributed by atoms with van der Waals surface area (Å²) in [6.45, 7) is 8.59. The monoisotopic (exact) mass is 250 g/mol. The average Bonchev–Trinajstić information content (AvgIpc) is 2.56. The topological polar surface area (TPSA) is 50.2 Å². The fourth-order valence-electron chi connectivity index (χ4n) is 2.50. The number of amides is 1. The molecule has 0 aromatic carbocycles. The van der Waals surface area contributed by atoms with Crippen molar-refractivity contribution in [2.45, 2.75) is 33.2 Å². The van der Waals surface area contributed by atoms with E-state index in [1.54, 1.807) is 0 Å². The summed E-state index contributed by atoms with van der Waals surface area (Å²) in [6.07, 6.45) is 0.470. The quantitative estimate of drug-likeness (QED) is 0.826. The van der Waals surface area contributed by atoms with Crippen LogP contribution in [0.5, 0.6) is 0 Å². The summed E-state index contributed by atoms with van der Waals surface area (Å²) in [5.74, 6) is 0.211. The highest BCUT2D eigenvalue weighted by Crippen LogP contribution is 2.14. The van der Waals surface area contributed by atoms with E-state index in [0.29, 0.717) is 12.5 Å². The van der Waals surface area contributed by atoms with Crippen molar-refractivity contribution in [3.63, 3.8) is 0 Å². The molecule has 18 heavy (non-hydrogen) atoms. The molecule has 5 nitrogen and oxygen atoms in total. The average molecular weight is 250 g/mol. The molecule has 1 aliphatic rings. The number of nitrogens with one attached hydrogen (secondary N) is 1. The summed E-state index contributed by atoms with van der Waals surface area (Å²) >= 11 is 0. The second-order valence-electron chi connectivity index (χ2n) is 5.14. The molecule has 100 valence electrons. The number of carbonyl (C=O) groups excluding carboxylic acids is 1. The van der Waals surface area contributed by atoms with Gasteiger partial charge in [0, 0.05) is 44.0 Å². The van der Waals surface area contributed by atoms with Crippen LogP contribution in [0.2, 0.25) is 0 Å². The predicted octanol–water partition coefficient (Wildman–Crippen LogP) is 0.400. The molecule has 1 aliphatic heterocycles. The Kier molecular flexibility index (Phi) is 3.71. The molecule has 1 aromatic rings. The molecule has 1 N–H and O–H groups in total. The molecule has 1 atom stereocenters. The lowest BCUT2D eigenvalue weighted by Gasteiger charge is -2.32. The Morgan fingerprint density at radius 2 is 2.22 bits per heavy atom. The molecule has 1 aromatic heterocycles. The van der Waals surface area contributed by atoms with Gasteiger partial charge in [0.1, 0.15) is 0 Å². The number of hydrogen-bond acceptors (Lipinski definition) is 3. The maximum absolute atomic E-state index is 12.3. The Hall–Kier alpha value is -1.36. The first-order valence-corrected chi connectivity index (χ1v) is 6.49. The molecule has 0 saturated carbocycles. The van der Waals surface area contributed by atoms with Crippen molar-refractivity contribution < 1.29 is 4.79 Å². The van der Waals surface area contributed by atoms with Gasteiger partial charge in [0.25, 0.3) is 0 Å². The van der Waals surface area contributed by atoms with Gasteiger partial charge in [0.15, 0.2) is 0 Å². The Morgan fingerprint density at radius 3 is 2.78 bits per heavy atom. The first-order valence-electron chi connectivity index (χ1n) is 6.49. The van der Waals surface area contributed by atoms with Crippen LogP contribution in [0.15, 0.2) is 0 Å². The van der Waals surface area contributed by atoms with Gasteiger partial charge in [0.2, 0.25) is 5.91 Å². The molecule has 1 unspecified atom stereocenters. The predicted molar refractivity (Wildman–Crippen MR) is 70.4 cm³/mol. The normalized spacial score (nSPS) is 20.2. The van der Waals surface area contributed by atoms with E-state index in [1.165, 1.54) is 0 Å². The maximum atomic E-state index is 12.3. The van der Waals surface area contributed by atoms with E-state index in [-0.39, 0.29) is 5.91 Å². The number of piperazine rings is 1. The van der Waals surface area contributed by atoms with Gasteiger partial charge >= 0.3 is 0 Å². The number of nitrogens with zero attached hydrogens (tertiary/aromatic N) is 3. The molecular formula is C13H22N4O. The number of carbonyl (C=O) groups is 1. The zero-order valence-corrected chi connectivity index (χ0v) is 11.7. The number of rotatable bonds is 2. The summed E-state index contributed by atoms with van der Waals surface area (Å²) in [5, 5.41) is 7.70. The van der Waals surface area contributed by atoms with Crippen LogP contribution in [0.4, 0.5) is 0 Å². The van der Waals surface area contributed by atoms with Crippen molar-refractivity contribution in [3.8, 4) is 0 Å². The van der Waals surface area contributed by atoms with Crippen LogP contribution in [-0.2, 0) is 18.3 Å². The molecular weight excluding hydrogens is 228 g/mol. The Morgan fingerprint density at radius 1 is 1.50 bits per heavy atom. The zero-order chi connectivity index (χ0) is 13.3. The van der Waals surface area contributed by atoms with Crippen molar-refractivity contribution >= 4 is 5.91 Å². The van der Waals surface area contributed by atoms with Gasteiger partial charge in [-0.25, -0.2) is 0 Å². The van der Waals surface area contributed by atoms with E-state index in [4.69, 9.17) is 0 Å². The minimum atomic E-state index is 0.211. The maximum Gasteiger partial charge on any atom is 0.227 e. The third-order valence-corrected chi connectivity index (χ3v) is 3.71. The minimum absolute atomic E-state index is 0.211. The van der Waals surface area contributed by atoms with Gasteiger partial charge in [-0.2, -0.15) is 5.10 Å². The molecule has 0 bridgehead atoms. The van der Waals surface area contributed by atoms with Crippen LogP contribution in [0, 0.1) is 13.8 Å². The lowest BCUT2D eigenvalue weighted by Crippen LogP contribution is -2.51. The molecule has 0 aliphatic carbocycles. The number of aromatic nitrogens is 2. The summed E-state index contributed by atoms with van der Waals surface area (Å²) in [4.78, 5) is 14.2. The van der Waals surface area contributed by atoms with Gasteiger partial charge in [-0.15, -0.1) is 0 Å². The van der Waals surface area contributed by atoms with Gasteiger partial charge in [0.05, 0.1) is 12.1 Å². The van der Waals surface area contributed by atoms with E-state index < -0.39 is 0 Å². The summed E-state index contributed by atoms with van der Waals surface area (Å²) < 4.78 is 1.85. The molecule has 5 heteroatoms. The fraction of sp³-hybridized carbons (Fsp3) is 0.692. The molecule has 0 spiro atoms. The first kappa shape index (κ1) is 13.1. The van der Waals surface area contributed by atoms with Gasteiger partial charge < -0.3 is 10.2 Å². The molecule has 0 radical (unpaired) electrons. The first-order chi connectivity index (χ1) is 8.49. The fourth-order valence-corrected chi connectivity index (χ4v) is 2.50. The summed E-state index contributed by atoms with van der Waals surface area (Å²) in [7, 11) is 1.92. The van der Waals surface area contributed by atoms with Gasteiger partial charge in [-0.1, -0.05) is 0 Å². The van der Waals surface area contributed by atoms with Crippen LogP contribution in [0.25, 0.3) is 0 Å². The standard InChI is InChI=1S/C13H22N4O/c1-9-8-17(6-5-14-9)13(18)7-12-10(2)15-16(4)11(12)3/h9,14H,5-8H2,1-4H3. The van der Waals surface area contributed by atoms with Crippen LogP contribution in [0.1, 0.15) is 23.9 Å². The van der Waals surface area contributed by atoms with E-state index in [1.807, 2.05) is 30.5 Å². The van der Waals surface area contributed by atoms with Crippen molar-refractivity contribution in [2.24, 2.45) is 7.05 Å². The van der Waals surface area contributed by atoms with Crippen LogP contribution >= 0.6 is 0 Å². The zero-order valence-electron chi connectivity index (χ0n) is 11.7. The molecule has 2 rings (SSSR count). The highest BCUT2D eigenvalue weighted by Gasteiger charge is 2.22. The minimum Gasteiger partial charge on any atom is -0.340 e. The van der Waals surface area contributed by atoms with Crippen molar-refractivity contribution in [2.75, 3.05) is 19.6 Å². The highest BCUT2D eigenvalue weighted by molar-refractivity contribution is 5.79. The summed E-state index contributed by atoms with van der Waals surface area (Å²) in [6, 6.07) is 0.388. The van der Waals surface area contributed by atoms with Crippen molar-refractivity contribution in [1.29, 1.82) is 0 Å². The van der Waals surface area contributed by atoms with Crippen LogP contribution in [-0.4, -0.2) is 46.3 Å². The number of aryl methyl sites for hydroxylation is 2. The van der Waals surface area contributed by atoms with E-state index >= 15 is 0 Å². The highest BCUT2D eigenvalue weighted by atomic mass is 16.2. The lowest BCUT2D eigenvalue weighted by molar-refractivity contribution is -0.131. The third-order valence-electron chi connectivity index (χ3n) is 3.71. The Bertz CT molecular complexity index is 452. The van der Waals surface area contributed by atoms with E-state index in [9.17, 15) is 4.79 Å². The molecule has 1 fully saturated rings. The number of hydrogen-bond donors (Lipinski definition) is 1. The van der Waals surface area contributed by atoms with Crippen LogP contribution < -0.4 is 5.32 Å².